The average molecular weight is 391 g/mol. The van der Waals surface area contributed by atoms with Crippen molar-refractivity contribution in [3.63, 3.8) is 0 Å². The summed E-state index contributed by atoms with van der Waals surface area (Å²) in [5.74, 6) is -0.798. The summed E-state index contributed by atoms with van der Waals surface area (Å²) in [5, 5.41) is 0. The standard InChI is InChI=1S/C13H13Br2NO3/c1-7-3-9(14)12(10(15)4-7)16-6-8(5-11(16)17)13(18)19-2/h3-4,8H,5-6H2,1-2H3. The smallest absolute Gasteiger partial charge is 0.311 e. The van der Waals surface area contributed by atoms with Crippen LogP contribution in [-0.2, 0) is 14.3 Å². The van der Waals surface area contributed by atoms with E-state index in [9.17, 15) is 9.59 Å². The highest BCUT2D eigenvalue weighted by molar-refractivity contribution is 9.11. The number of aryl methyl sites for hydroxylation is 1. The van der Waals surface area contributed by atoms with Gasteiger partial charge in [0.1, 0.15) is 0 Å². The molecule has 6 heteroatoms. The lowest BCUT2D eigenvalue weighted by Crippen LogP contribution is -2.26. The lowest BCUT2D eigenvalue weighted by molar-refractivity contribution is -0.145. The van der Waals surface area contributed by atoms with Crippen LogP contribution in [0.4, 0.5) is 5.69 Å². The van der Waals surface area contributed by atoms with Gasteiger partial charge in [-0.05, 0) is 56.5 Å². The molecule has 0 aromatic heterocycles. The highest BCUT2D eigenvalue weighted by Gasteiger charge is 2.37. The number of carbonyl (C=O) groups is 2. The minimum Gasteiger partial charge on any atom is -0.469 e. The van der Waals surface area contributed by atoms with Crippen LogP contribution in [0.2, 0.25) is 0 Å². The predicted octanol–water partition coefficient (Wildman–Crippen LogP) is 3.05. The van der Waals surface area contributed by atoms with Crippen LogP contribution in [-0.4, -0.2) is 25.5 Å². The summed E-state index contributed by atoms with van der Waals surface area (Å²) >= 11 is 6.94. The Balaban J connectivity index is 2.33. The van der Waals surface area contributed by atoms with Crippen molar-refractivity contribution < 1.29 is 14.3 Å². The van der Waals surface area contributed by atoms with E-state index in [1.165, 1.54) is 7.11 Å². The number of esters is 1. The van der Waals surface area contributed by atoms with E-state index in [1.807, 2.05) is 19.1 Å². The van der Waals surface area contributed by atoms with E-state index in [2.05, 4.69) is 31.9 Å². The molecule has 1 aromatic rings. The van der Waals surface area contributed by atoms with Crippen molar-refractivity contribution in [3.8, 4) is 0 Å². The molecule has 19 heavy (non-hydrogen) atoms. The molecule has 0 saturated carbocycles. The lowest BCUT2D eigenvalue weighted by atomic mass is 10.1. The fourth-order valence-electron chi connectivity index (χ4n) is 2.20. The van der Waals surface area contributed by atoms with Gasteiger partial charge in [0, 0.05) is 21.9 Å². The second kappa shape index (κ2) is 5.63. The number of amides is 1. The molecular formula is C13H13Br2NO3. The van der Waals surface area contributed by atoms with Gasteiger partial charge in [0.15, 0.2) is 0 Å². The summed E-state index contributed by atoms with van der Waals surface area (Å²) in [7, 11) is 1.34. The summed E-state index contributed by atoms with van der Waals surface area (Å²) in [6.07, 6.45) is 0.194. The second-order valence-electron chi connectivity index (χ2n) is 4.51. The third-order valence-electron chi connectivity index (χ3n) is 3.09. The van der Waals surface area contributed by atoms with Gasteiger partial charge in [-0.3, -0.25) is 9.59 Å². The largest absolute Gasteiger partial charge is 0.469 e. The molecule has 4 nitrogen and oxygen atoms in total. The zero-order chi connectivity index (χ0) is 14.2. The number of halogens is 2. The Bertz CT molecular complexity index is 522. The summed E-state index contributed by atoms with van der Waals surface area (Å²) in [6, 6.07) is 3.89. The molecule has 0 spiro atoms. The van der Waals surface area contributed by atoms with Crippen molar-refractivity contribution in [1.29, 1.82) is 0 Å². The molecule has 1 saturated heterocycles. The molecule has 0 aliphatic carbocycles. The van der Waals surface area contributed by atoms with E-state index in [0.717, 1.165) is 20.2 Å². The SMILES string of the molecule is COC(=O)C1CC(=O)N(c2c(Br)cc(C)cc2Br)C1. The fourth-order valence-corrected chi connectivity index (χ4v) is 4.04. The van der Waals surface area contributed by atoms with Crippen molar-refractivity contribution in [3.05, 3.63) is 26.6 Å². The number of carbonyl (C=O) groups excluding carboxylic acids is 2. The summed E-state index contributed by atoms with van der Waals surface area (Å²) < 4.78 is 6.37. The molecule has 0 bridgehead atoms. The van der Waals surface area contributed by atoms with Crippen LogP contribution in [0.25, 0.3) is 0 Å². The number of methoxy groups -OCH3 is 1. The van der Waals surface area contributed by atoms with E-state index in [1.54, 1.807) is 4.90 Å². The van der Waals surface area contributed by atoms with Gasteiger partial charge in [-0.2, -0.15) is 0 Å². The number of ether oxygens (including phenoxy) is 1. The van der Waals surface area contributed by atoms with Gasteiger partial charge in [-0.1, -0.05) is 0 Å². The molecule has 1 aliphatic heterocycles. The molecule has 1 aliphatic rings. The van der Waals surface area contributed by atoms with E-state index in [0.29, 0.717) is 6.54 Å². The zero-order valence-electron chi connectivity index (χ0n) is 10.6. The summed E-state index contributed by atoms with van der Waals surface area (Å²) in [4.78, 5) is 25.2. The van der Waals surface area contributed by atoms with Crippen LogP contribution in [0.3, 0.4) is 0 Å². The molecular weight excluding hydrogens is 378 g/mol. The Morgan fingerprint density at radius 3 is 2.47 bits per heavy atom. The molecule has 1 aromatic carbocycles. The molecule has 102 valence electrons. The Morgan fingerprint density at radius 2 is 1.95 bits per heavy atom. The first-order valence-electron chi connectivity index (χ1n) is 5.78. The maximum Gasteiger partial charge on any atom is 0.311 e. The normalized spacial score (nSPS) is 18.8. The Morgan fingerprint density at radius 1 is 1.37 bits per heavy atom. The zero-order valence-corrected chi connectivity index (χ0v) is 13.7. The Labute approximate surface area is 128 Å². The van der Waals surface area contributed by atoms with Crippen molar-refractivity contribution in [2.75, 3.05) is 18.6 Å². The minimum absolute atomic E-state index is 0.0688. The monoisotopic (exact) mass is 389 g/mol. The number of benzene rings is 1. The van der Waals surface area contributed by atoms with Gasteiger partial charge in [0.2, 0.25) is 5.91 Å². The molecule has 0 radical (unpaired) electrons. The molecule has 0 N–H and O–H groups in total. The van der Waals surface area contributed by atoms with Crippen LogP contribution < -0.4 is 4.90 Å². The van der Waals surface area contributed by atoms with Crippen molar-refractivity contribution in [1.82, 2.24) is 0 Å². The lowest BCUT2D eigenvalue weighted by Gasteiger charge is -2.20. The third-order valence-corrected chi connectivity index (χ3v) is 4.30. The molecule has 1 heterocycles. The number of hydrogen-bond acceptors (Lipinski definition) is 3. The maximum absolute atomic E-state index is 12.1. The van der Waals surface area contributed by atoms with Gasteiger partial charge in [0.05, 0.1) is 18.7 Å². The first kappa shape index (κ1) is 14.5. The number of anilines is 1. The molecule has 2 rings (SSSR count). The van der Waals surface area contributed by atoms with Crippen LogP contribution in [0.5, 0.6) is 0 Å². The summed E-state index contributed by atoms with van der Waals surface area (Å²) in [6.45, 7) is 2.33. The van der Waals surface area contributed by atoms with E-state index in [-0.39, 0.29) is 18.3 Å². The highest BCUT2D eigenvalue weighted by Crippen LogP contribution is 2.38. The number of nitrogens with zero attached hydrogens (tertiary/aromatic N) is 1. The van der Waals surface area contributed by atoms with Crippen molar-refractivity contribution in [2.24, 2.45) is 5.92 Å². The van der Waals surface area contributed by atoms with Crippen molar-refractivity contribution in [2.45, 2.75) is 13.3 Å². The van der Waals surface area contributed by atoms with E-state index in [4.69, 9.17) is 4.74 Å². The van der Waals surface area contributed by atoms with Crippen molar-refractivity contribution >= 4 is 49.4 Å². The molecule has 1 amide bonds. The van der Waals surface area contributed by atoms with Gasteiger partial charge < -0.3 is 9.64 Å². The van der Waals surface area contributed by atoms with Gasteiger partial charge in [-0.25, -0.2) is 0 Å². The average Bonchev–Trinajstić information content (AvgIpc) is 2.69. The maximum atomic E-state index is 12.1. The fraction of sp³-hybridized carbons (Fsp3) is 0.385. The molecule has 1 unspecified atom stereocenters. The quantitative estimate of drug-likeness (QED) is 0.729. The first-order chi connectivity index (χ1) is 8.93. The van der Waals surface area contributed by atoms with Gasteiger partial charge in [0.25, 0.3) is 0 Å². The first-order valence-corrected chi connectivity index (χ1v) is 7.36. The second-order valence-corrected chi connectivity index (χ2v) is 6.21. The topological polar surface area (TPSA) is 46.6 Å². The van der Waals surface area contributed by atoms with E-state index < -0.39 is 5.92 Å². The Hall–Kier alpha value is -0.880. The van der Waals surface area contributed by atoms with Crippen LogP contribution in [0.15, 0.2) is 21.1 Å². The minimum atomic E-state index is -0.391. The van der Waals surface area contributed by atoms with Gasteiger partial charge >= 0.3 is 5.97 Å². The molecule has 1 fully saturated rings. The Kier molecular flexibility index (Phi) is 4.30. The highest BCUT2D eigenvalue weighted by atomic mass is 79.9. The number of rotatable bonds is 2. The van der Waals surface area contributed by atoms with Crippen LogP contribution in [0.1, 0.15) is 12.0 Å². The summed E-state index contributed by atoms with van der Waals surface area (Å²) in [5.41, 5.74) is 1.85. The van der Waals surface area contributed by atoms with Gasteiger partial charge in [-0.15, -0.1) is 0 Å². The molecule has 1 atom stereocenters. The van der Waals surface area contributed by atoms with E-state index >= 15 is 0 Å². The van der Waals surface area contributed by atoms with Crippen LogP contribution in [0, 0.1) is 12.8 Å². The third kappa shape index (κ3) is 2.84. The predicted molar refractivity (Wildman–Crippen MR) is 79.1 cm³/mol. The number of hydrogen-bond donors (Lipinski definition) is 0. The van der Waals surface area contributed by atoms with Crippen LogP contribution >= 0.6 is 31.9 Å².